The molecule has 0 atom stereocenters. The molecule has 1 aromatic carbocycles. The molecule has 2 N–H and O–H groups in total. The van der Waals surface area contributed by atoms with E-state index < -0.39 is 0 Å². The molecule has 9 nitrogen and oxygen atoms in total. The average molecular weight is 397 g/mol. The number of carbonyl (C=O) groups is 1. The van der Waals surface area contributed by atoms with Gasteiger partial charge in [0, 0.05) is 12.3 Å². The summed E-state index contributed by atoms with van der Waals surface area (Å²) in [5, 5.41) is 13.8. The topological polar surface area (TPSA) is 116 Å². The monoisotopic (exact) mass is 397 g/mol. The first kappa shape index (κ1) is 19.4. The van der Waals surface area contributed by atoms with Crippen LogP contribution in [0.3, 0.4) is 0 Å². The Kier molecular flexibility index (Phi) is 5.59. The Bertz CT molecular complexity index is 1080. The van der Waals surface area contributed by atoms with Crippen LogP contribution in [-0.2, 0) is 4.79 Å². The van der Waals surface area contributed by atoms with Crippen LogP contribution in [0.15, 0.2) is 33.5 Å². The summed E-state index contributed by atoms with van der Waals surface area (Å²) in [7, 11) is 0. The van der Waals surface area contributed by atoms with Crippen LogP contribution in [0.5, 0.6) is 0 Å². The molecule has 0 saturated heterocycles. The third-order valence-electron chi connectivity index (χ3n) is 3.91. The van der Waals surface area contributed by atoms with E-state index in [1.807, 2.05) is 32.0 Å². The third kappa shape index (κ3) is 4.12. The first-order valence-electron chi connectivity index (χ1n) is 8.42. The number of para-hydroxylation sites is 1. The van der Waals surface area contributed by atoms with E-state index in [2.05, 4.69) is 30.7 Å². The summed E-state index contributed by atoms with van der Waals surface area (Å²) in [5.41, 5.74) is 5.91. The Labute approximate surface area is 165 Å². The number of thiazole rings is 1. The zero-order valence-electron chi connectivity index (χ0n) is 15.8. The molecule has 0 unspecified atom stereocenters. The summed E-state index contributed by atoms with van der Waals surface area (Å²) in [6.45, 7) is 6.99. The molecule has 0 spiro atoms. The highest BCUT2D eigenvalue weighted by molar-refractivity contribution is 7.14. The fraction of sp³-hybridized carbons (Fsp3) is 0.222. The molecule has 28 heavy (non-hydrogen) atoms. The van der Waals surface area contributed by atoms with Crippen LogP contribution < -0.4 is 15.9 Å². The predicted molar refractivity (Wildman–Crippen MR) is 109 cm³/mol. The number of hydrogen-bond donors (Lipinski definition) is 2. The molecule has 0 fully saturated rings. The second-order valence-corrected chi connectivity index (χ2v) is 6.94. The van der Waals surface area contributed by atoms with E-state index in [4.69, 9.17) is 0 Å². The molecular weight excluding hydrogens is 378 g/mol. The number of rotatable bonds is 5. The lowest BCUT2D eigenvalue weighted by Crippen LogP contribution is -2.24. The van der Waals surface area contributed by atoms with Gasteiger partial charge in [0.05, 0.1) is 17.6 Å². The number of benzene rings is 1. The van der Waals surface area contributed by atoms with Crippen molar-refractivity contribution in [1.29, 1.82) is 0 Å². The summed E-state index contributed by atoms with van der Waals surface area (Å²) in [5.74, 6) is 0.00377. The lowest BCUT2D eigenvalue weighted by atomic mass is 10.1. The van der Waals surface area contributed by atoms with E-state index in [0.717, 1.165) is 16.8 Å². The fourth-order valence-electron chi connectivity index (χ4n) is 2.59. The van der Waals surface area contributed by atoms with Gasteiger partial charge in [-0.2, -0.15) is 5.10 Å². The molecular formula is C18H19N7O2S. The van der Waals surface area contributed by atoms with Crippen molar-refractivity contribution in [3.63, 3.8) is 0 Å². The molecule has 10 heteroatoms. The number of carbonyl (C=O) groups excluding carboxylic acids is 1. The molecule has 0 radical (unpaired) electrons. The molecule has 0 aliphatic heterocycles. The fourth-order valence-corrected chi connectivity index (χ4v) is 3.41. The van der Waals surface area contributed by atoms with Crippen LogP contribution >= 0.6 is 11.3 Å². The van der Waals surface area contributed by atoms with E-state index in [9.17, 15) is 9.59 Å². The van der Waals surface area contributed by atoms with Gasteiger partial charge in [0.1, 0.15) is 5.69 Å². The van der Waals surface area contributed by atoms with Crippen LogP contribution in [0.4, 0.5) is 16.8 Å². The van der Waals surface area contributed by atoms with E-state index in [0.29, 0.717) is 10.8 Å². The highest BCUT2D eigenvalue weighted by Gasteiger charge is 2.21. The maximum atomic E-state index is 12.3. The Morgan fingerprint density at radius 1 is 1.25 bits per heavy atom. The zero-order valence-corrected chi connectivity index (χ0v) is 16.7. The molecule has 0 aliphatic rings. The molecule has 0 aliphatic carbocycles. The second kappa shape index (κ2) is 8.09. The maximum Gasteiger partial charge on any atom is 0.274 e. The molecule has 2 aromatic heterocycles. The Balaban J connectivity index is 1.82. The summed E-state index contributed by atoms with van der Waals surface area (Å²) < 4.78 is 0. The van der Waals surface area contributed by atoms with Gasteiger partial charge in [0.25, 0.3) is 5.56 Å². The minimum absolute atomic E-state index is 0.124. The van der Waals surface area contributed by atoms with Gasteiger partial charge in [-0.05, 0) is 31.9 Å². The van der Waals surface area contributed by atoms with Crippen LogP contribution in [0.1, 0.15) is 29.4 Å². The summed E-state index contributed by atoms with van der Waals surface area (Å²) in [6.07, 6.45) is 1.48. The number of amides is 1. The van der Waals surface area contributed by atoms with Crippen molar-refractivity contribution in [3.05, 3.63) is 56.4 Å². The summed E-state index contributed by atoms with van der Waals surface area (Å²) in [4.78, 5) is 32.4. The zero-order chi connectivity index (χ0) is 20.3. The predicted octanol–water partition coefficient (Wildman–Crippen LogP) is 2.68. The van der Waals surface area contributed by atoms with Crippen LogP contribution in [-0.4, -0.2) is 32.3 Å². The highest BCUT2D eigenvalue weighted by Crippen LogP contribution is 2.33. The lowest BCUT2D eigenvalue weighted by molar-refractivity contribution is -0.115. The van der Waals surface area contributed by atoms with Gasteiger partial charge in [-0.25, -0.2) is 10.4 Å². The van der Waals surface area contributed by atoms with Gasteiger partial charge in [0.2, 0.25) is 11.9 Å². The average Bonchev–Trinajstić information content (AvgIpc) is 3.09. The number of nitrogens with one attached hydrogen (secondary N) is 2. The van der Waals surface area contributed by atoms with E-state index >= 15 is 0 Å². The number of anilines is 3. The van der Waals surface area contributed by atoms with Gasteiger partial charge >= 0.3 is 0 Å². The number of hydrazone groups is 1. The Hall–Kier alpha value is -3.40. The van der Waals surface area contributed by atoms with Crippen LogP contribution in [0.25, 0.3) is 0 Å². The summed E-state index contributed by atoms with van der Waals surface area (Å²) >= 11 is 1.34. The summed E-state index contributed by atoms with van der Waals surface area (Å²) in [6, 6.07) is 5.87. The van der Waals surface area contributed by atoms with Crippen molar-refractivity contribution in [3.8, 4) is 0 Å². The highest BCUT2D eigenvalue weighted by atomic mass is 32.1. The van der Waals surface area contributed by atoms with Gasteiger partial charge < -0.3 is 0 Å². The smallest absolute Gasteiger partial charge is 0.274 e. The van der Waals surface area contributed by atoms with Crippen LogP contribution in [0.2, 0.25) is 0 Å². The standard InChI is InChI=1S/C18H19N7O2S/c1-10-6-5-7-11(2)15(10)25(13(4)26)18-20-14(9-28-18)8-19-23-17-21-16(27)12(3)22-24-17/h5-9H,1-4H3,(H2,21,23,24,27)/b19-8-. The molecule has 3 aromatic rings. The molecule has 144 valence electrons. The largest absolute Gasteiger partial charge is 0.288 e. The van der Waals surface area contributed by atoms with E-state index in [1.165, 1.54) is 24.5 Å². The number of nitrogens with zero attached hydrogens (tertiary/aromatic N) is 5. The van der Waals surface area contributed by atoms with Crippen molar-refractivity contribution < 1.29 is 4.79 Å². The minimum Gasteiger partial charge on any atom is -0.288 e. The number of aryl methyl sites for hydroxylation is 3. The number of hydrogen-bond acceptors (Lipinski definition) is 8. The number of H-pyrrole nitrogens is 1. The van der Waals surface area contributed by atoms with Gasteiger partial charge in [-0.1, -0.05) is 18.2 Å². The second-order valence-electron chi connectivity index (χ2n) is 6.11. The number of aromatic amines is 1. The normalized spacial score (nSPS) is 11.0. The van der Waals surface area contributed by atoms with Gasteiger partial charge in [-0.3, -0.25) is 19.5 Å². The first-order chi connectivity index (χ1) is 13.4. The maximum absolute atomic E-state index is 12.3. The Morgan fingerprint density at radius 3 is 2.61 bits per heavy atom. The quantitative estimate of drug-likeness (QED) is 0.505. The lowest BCUT2D eigenvalue weighted by Gasteiger charge is -2.22. The van der Waals surface area contributed by atoms with E-state index in [-0.39, 0.29) is 23.1 Å². The Morgan fingerprint density at radius 2 is 1.96 bits per heavy atom. The van der Waals surface area contributed by atoms with Gasteiger partial charge in [0.15, 0.2) is 5.13 Å². The molecule has 1 amide bonds. The van der Waals surface area contributed by atoms with Crippen molar-refractivity contribution in [2.75, 3.05) is 10.3 Å². The first-order valence-corrected chi connectivity index (χ1v) is 9.30. The number of aromatic nitrogens is 4. The van der Waals surface area contributed by atoms with E-state index in [1.54, 1.807) is 17.2 Å². The SMILES string of the molecule is CC(=O)N(c1nc(/C=N\Nc2nnc(C)c(=O)[nH]2)cs1)c1c(C)cccc1C. The molecule has 0 saturated carbocycles. The molecule has 2 heterocycles. The van der Waals surface area contributed by atoms with Crippen molar-refractivity contribution >= 4 is 40.2 Å². The van der Waals surface area contributed by atoms with Crippen molar-refractivity contribution in [2.45, 2.75) is 27.7 Å². The van der Waals surface area contributed by atoms with Crippen molar-refractivity contribution in [2.24, 2.45) is 5.10 Å². The van der Waals surface area contributed by atoms with Crippen molar-refractivity contribution in [1.82, 2.24) is 20.2 Å². The van der Waals surface area contributed by atoms with Crippen LogP contribution in [0, 0.1) is 20.8 Å². The molecule has 3 rings (SSSR count). The third-order valence-corrected chi connectivity index (χ3v) is 4.75. The molecule has 0 bridgehead atoms. The minimum atomic E-state index is -0.339. The van der Waals surface area contributed by atoms with Gasteiger partial charge in [-0.15, -0.1) is 21.5 Å².